The van der Waals surface area contributed by atoms with E-state index < -0.39 is 47.7 Å². The number of nitrogens with one attached hydrogen (secondary N) is 2. The lowest BCUT2D eigenvalue weighted by Crippen LogP contribution is -2.60. The van der Waals surface area contributed by atoms with E-state index in [2.05, 4.69) is 10.6 Å². The van der Waals surface area contributed by atoms with Crippen molar-refractivity contribution in [2.75, 3.05) is 11.9 Å². The molecule has 2 aromatic carbocycles. The van der Waals surface area contributed by atoms with Gasteiger partial charge in [-0.2, -0.15) is 0 Å². The highest BCUT2D eigenvalue weighted by molar-refractivity contribution is 6.34. The lowest BCUT2D eigenvalue weighted by molar-refractivity contribution is -0.148. The number of anilines is 1. The minimum Gasteiger partial charge on any atom is -0.444 e. The SMILES string of the molecule is CCC(C)(C)N(C(=O)C(CO)NC(=O)OC(C)(C)C)C(C(=O)Nc1c(C)cccc1Cl)c1c(C)cccc1C. The monoisotopic (exact) mass is 559 g/mol. The number of para-hydroxylation sites is 1. The molecule has 214 valence electrons. The van der Waals surface area contributed by atoms with E-state index in [0.29, 0.717) is 22.7 Å². The van der Waals surface area contributed by atoms with Crippen LogP contribution in [0.5, 0.6) is 0 Å². The quantitative estimate of drug-likeness (QED) is 0.357. The maximum Gasteiger partial charge on any atom is 0.408 e. The van der Waals surface area contributed by atoms with Crippen LogP contribution in [0.1, 0.15) is 76.3 Å². The zero-order chi connectivity index (χ0) is 29.7. The predicted molar refractivity (Wildman–Crippen MR) is 155 cm³/mol. The maximum atomic E-state index is 14.2. The third-order valence-electron chi connectivity index (χ3n) is 6.72. The highest BCUT2D eigenvalue weighted by Gasteiger charge is 2.44. The molecule has 0 spiro atoms. The molecule has 0 aliphatic carbocycles. The predicted octanol–water partition coefficient (Wildman–Crippen LogP) is 5.85. The van der Waals surface area contributed by atoms with Crippen LogP contribution in [0.3, 0.4) is 0 Å². The van der Waals surface area contributed by atoms with Crippen LogP contribution in [0, 0.1) is 20.8 Å². The van der Waals surface area contributed by atoms with Gasteiger partial charge in [-0.1, -0.05) is 48.9 Å². The summed E-state index contributed by atoms with van der Waals surface area (Å²) < 4.78 is 5.32. The number of aliphatic hydroxyl groups is 1. The molecule has 0 aliphatic rings. The Kier molecular flexibility index (Phi) is 10.6. The molecule has 9 heteroatoms. The van der Waals surface area contributed by atoms with Crippen LogP contribution in [0.25, 0.3) is 0 Å². The van der Waals surface area contributed by atoms with E-state index in [-0.39, 0.29) is 0 Å². The highest BCUT2D eigenvalue weighted by atomic mass is 35.5. The lowest BCUT2D eigenvalue weighted by Gasteiger charge is -2.45. The van der Waals surface area contributed by atoms with E-state index in [9.17, 15) is 19.5 Å². The maximum absolute atomic E-state index is 14.2. The highest BCUT2D eigenvalue weighted by Crippen LogP contribution is 2.37. The molecule has 0 aliphatic heterocycles. The zero-order valence-electron chi connectivity index (χ0n) is 24.4. The number of nitrogens with zero attached hydrogens (tertiary/aromatic N) is 1. The van der Waals surface area contributed by atoms with E-state index in [1.54, 1.807) is 32.9 Å². The van der Waals surface area contributed by atoms with Gasteiger partial charge in [0.15, 0.2) is 0 Å². The molecule has 8 nitrogen and oxygen atoms in total. The molecule has 2 unspecified atom stereocenters. The van der Waals surface area contributed by atoms with Gasteiger partial charge in [0, 0.05) is 5.54 Å². The van der Waals surface area contributed by atoms with Crippen molar-refractivity contribution in [2.24, 2.45) is 0 Å². The van der Waals surface area contributed by atoms with Crippen molar-refractivity contribution in [3.05, 3.63) is 63.7 Å². The third-order valence-corrected chi connectivity index (χ3v) is 7.03. The molecule has 3 amide bonds. The van der Waals surface area contributed by atoms with E-state index in [1.165, 1.54) is 4.90 Å². The molecule has 2 atom stereocenters. The van der Waals surface area contributed by atoms with Gasteiger partial charge in [0.1, 0.15) is 17.7 Å². The number of hydrogen-bond acceptors (Lipinski definition) is 5. The summed E-state index contributed by atoms with van der Waals surface area (Å²) in [5, 5.41) is 16.0. The molecule has 0 heterocycles. The summed E-state index contributed by atoms with van der Waals surface area (Å²) in [7, 11) is 0. The summed E-state index contributed by atoms with van der Waals surface area (Å²) >= 11 is 6.44. The summed E-state index contributed by atoms with van der Waals surface area (Å²) in [6, 6.07) is 8.52. The molecule has 2 rings (SSSR count). The number of carbonyl (C=O) groups excluding carboxylic acids is 3. The van der Waals surface area contributed by atoms with Crippen molar-refractivity contribution in [1.82, 2.24) is 10.2 Å². The first-order valence-electron chi connectivity index (χ1n) is 13.1. The number of rotatable bonds is 9. The summed E-state index contributed by atoms with van der Waals surface area (Å²) in [4.78, 5) is 42.4. The largest absolute Gasteiger partial charge is 0.444 e. The van der Waals surface area contributed by atoms with Crippen molar-refractivity contribution in [1.29, 1.82) is 0 Å². The van der Waals surface area contributed by atoms with E-state index in [4.69, 9.17) is 16.3 Å². The summed E-state index contributed by atoms with van der Waals surface area (Å²) in [6.45, 7) is 15.6. The van der Waals surface area contributed by atoms with Crippen LogP contribution in [-0.2, 0) is 14.3 Å². The average molecular weight is 560 g/mol. The molecule has 0 bridgehead atoms. The van der Waals surface area contributed by atoms with Crippen LogP contribution in [-0.4, -0.2) is 51.7 Å². The standard InChI is InChI=1S/C30H42ClN3O5/c1-10-30(8,9)34(27(37)22(17-35)32-28(38)39-29(5,6)7)25(23-18(2)13-11-14-19(23)3)26(36)33-24-20(4)15-12-16-21(24)31/h11-16,22,25,35H,10,17H2,1-9H3,(H,32,38)(H,33,36). The summed E-state index contributed by atoms with van der Waals surface area (Å²) in [5.41, 5.74) is 1.85. The summed E-state index contributed by atoms with van der Waals surface area (Å²) in [5.74, 6) is -1.08. The van der Waals surface area contributed by atoms with Gasteiger partial charge in [0.2, 0.25) is 5.91 Å². The number of aryl methyl sites for hydroxylation is 3. The van der Waals surface area contributed by atoms with Gasteiger partial charge in [0.25, 0.3) is 5.91 Å². The van der Waals surface area contributed by atoms with Crippen molar-refractivity contribution < 1.29 is 24.2 Å². The van der Waals surface area contributed by atoms with Gasteiger partial charge < -0.3 is 25.4 Å². The van der Waals surface area contributed by atoms with E-state index in [1.807, 2.05) is 65.8 Å². The number of hydrogen-bond donors (Lipinski definition) is 3. The Bertz CT molecular complexity index is 1170. The van der Waals surface area contributed by atoms with E-state index in [0.717, 1.165) is 16.7 Å². The first-order valence-corrected chi connectivity index (χ1v) is 13.5. The average Bonchev–Trinajstić information content (AvgIpc) is 2.82. The van der Waals surface area contributed by atoms with Crippen molar-refractivity contribution in [2.45, 2.75) is 92.0 Å². The zero-order valence-corrected chi connectivity index (χ0v) is 25.2. The Morgan fingerprint density at radius 1 is 0.974 bits per heavy atom. The summed E-state index contributed by atoms with van der Waals surface area (Å²) in [6.07, 6.45) is -0.354. The Hall–Kier alpha value is -3.10. The Balaban J connectivity index is 2.70. The number of amides is 3. The topological polar surface area (TPSA) is 108 Å². The second-order valence-electron chi connectivity index (χ2n) is 11.4. The molecule has 39 heavy (non-hydrogen) atoms. The second-order valence-corrected chi connectivity index (χ2v) is 11.8. The van der Waals surface area contributed by atoms with Crippen molar-refractivity contribution in [3.63, 3.8) is 0 Å². The number of carbonyl (C=O) groups is 3. The van der Waals surface area contributed by atoms with Crippen LogP contribution in [0.15, 0.2) is 36.4 Å². The molecule has 3 N–H and O–H groups in total. The number of benzene rings is 2. The fourth-order valence-electron chi connectivity index (χ4n) is 4.37. The van der Waals surface area contributed by atoms with Gasteiger partial charge in [-0.05, 0) is 90.1 Å². The molecule has 0 saturated carbocycles. The number of halogens is 1. The molecule has 0 aromatic heterocycles. The molecule has 2 aromatic rings. The number of aliphatic hydroxyl groups excluding tert-OH is 1. The van der Waals surface area contributed by atoms with Gasteiger partial charge in [-0.25, -0.2) is 4.79 Å². The van der Waals surface area contributed by atoms with Crippen LogP contribution >= 0.6 is 11.6 Å². The van der Waals surface area contributed by atoms with Gasteiger partial charge >= 0.3 is 6.09 Å². The third kappa shape index (κ3) is 7.96. The first-order chi connectivity index (χ1) is 18.0. The fraction of sp³-hybridized carbons (Fsp3) is 0.500. The number of ether oxygens (including phenoxy) is 1. The van der Waals surface area contributed by atoms with Gasteiger partial charge in [-0.3, -0.25) is 9.59 Å². The van der Waals surface area contributed by atoms with Crippen LogP contribution < -0.4 is 10.6 Å². The second kappa shape index (κ2) is 12.8. The van der Waals surface area contributed by atoms with Gasteiger partial charge in [0.05, 0.1) is 17.3 Å². The molecule has 0 fully saturated rings. The minimum absolute atomic E-state index is 0.371. The van der Waals surface area contributed by atoms with Crippen LogP contribution in [0.2, 0.25) is 5.02 Å². The van der Waals surface area contributed by atoms with Crippen molar-refractivity contribution >= 4 is 35.2 Å². The molecule has 0 saturated heterocycles. The molecule has 0 radical (unpaired) electrons. The van der Waals surface area contributed by atoms with E-state index >= 15 is 0 Å². The Morgan fingerprint density at radius 2 is 1.51 bits per heavy atom. The van der Waals surface area contributed by atoms with Crippen LogP contribution in [0.4, 0.5) is 10.5 Å². The first kappa shape index (κ1) is 32.1. The Morgan fingerprint density at radius 3 is 2.00 bits per heavy atom. The fourth-order valence-corrected chi connectivity index (χ4v) is 4.64. The smallest absolute Gasteiger partial charge is 0.408 e. The number of alkyl carbamates (subject to hydrolysis) is 1. The Labute approximate surface area is 237 Å². The minimum atomic E-state index is -1.34. The lowest BCUT2D eigenvalue weighted by atomic mass is 9.88. The normalized spacial score (nSPS) is 13.3. The molecular weight excluding hydrogens is 518 g/mol. The van der Waals surface area contributed by atoms with Crippen molar-refractivity contribution in [3.8, 4) is 0 Å². The molecular formula is C30H42ClN3O5. The van der Waals surface area contributed by atoms with Gasteiger partial charge in [-0.15, -0.1) is 0 Å².